The minimum atomic E-state index is -0.615. The summed E-state index contributed by atoms with van der Waals surface area (Å²) in [4.78, 5) is 13.4. The smallest absolute Gasteiger partial charge is 0.226 e. The van der Waals surface area contributed by atoms with Gasteiger partial charge in [-0.15, -0.1) is 0 Å². The van der Waals surface area contributed by atoms with Gasteiger partial charge in [0.15, 0.2) is 0 Å². The number of aromatic amines is 1. The van der Waals surface area contributed by atoms with Crippen LogP contribution in [0.4, 0.5) is 0 Å². The largest absolute Gasteiger partial charge is 0.390 e. The van der Waals surface area contributed by atoms with Crippen molar-refractivity contribution in [1.82, 2.24) is 15.5 Å². The summed E-state index contributed by atoms with van der Waals surface area (Å²) in [6, 6.07) is 0. The van der Waals surface area contributed by atoms with E-state index in [2.05, 4.69) is 22.4 Å². The molecule has 6 rings (SSSR count). The highest BCUT2D eigenvalue weighted by atomic mass is 16.3. The number of H-pyrrole nitrogens is 1. The Morgan fingerprint density at radius 1 is 1.19 bits per heavy atom. The average Bonchev–Trinajstić information content (AvgIpc) is 2.84. The minimum Gasteiger partial charge on any atom is -0.390 e. The number of aromatic nitrogens is 2. The third kappa shape index (κ3) is 2.84. The van der Waals surface area contributed by atoms with Gasteiger partial charge in [0, 0.05) is 5.69 Å². The van der Waals surface area contributed by atoms with Crippen molar-refractivity contribution >= 4 is 5.91 Å². The van der Waals surface area contributed by atoms with Crippen LogP contribution < -0.4 is 5.32 Å². The maximum atomic E-state index is 13.4. The zero-order valence-electron chi connectivity index (χ0n) is 16.6. The van der Waals surface area contributed by atoms with E-state index in [1.807, 2.05) is 0 Å². The first kappa shape index (κ1) is 17.7. The van der Waals surface area contributed by atoms with Crippen LogP contribution in [0.3, 0.4) is 0 Å². The molecule has 4 unspecified atom stereocenters. The highest BCUT2D eigenvalue weighted by Gasteiger charge is 2.64. The van der Waals surface area contributed by atoms with E-state index in [0.29, 0.717) is 18.9 Å². The molecule has 1 aromatic heterocycles. The maximum absolute atomic E-state index is 13.4. The van der Waals surface area contributed by atoms with Crippen LogP contribution in [-0.4, -0.2) is 26.8 Å². The first-order valence-corrected chi connectivity index (χ1v) is 11.0. The second-order valence-corrected chi connectivity index (χ2v) is 10.2. The Morgan fingerprint density at radius 3 is 2.85 bits per heavy atom. The molecular weight excluding hydrogens is 338 g/mol. The zero-order chi connectivity index (χ0) is 18.7. The molecule has 4 bridgehead atoms. The summed E-state index contributed by atoms with van der Waals surface area (Å²) in [5, 5.41) is 22.1. The number of hydrogen-bond acceptors (Lipinski definition) is 3. The lowest BCUT2D eigenvalue weighted by Gasteiger charge is -2.64. The average molecular weight is 372 g/mol. The second kappa shape index (κ2) is 6.07. The van der Waals surface area contributed by atoms with E-state index >= 15 is 0 Å². The Labute approximate surface area is 161 Å². The number of carbonyl (C=O) groups excluding carboxylic acids is 1. The van der Waals surface area contributed by atoms with Crippen LogP contribution in [0.15, 0.2) is 0 Å². The predicted octanol–water partition coefficient (Wildman–Crippen LogP) is 3.41. The predicted molar refractivity (Wildman–Crippen MR) is 103 cm³/mol. The molecule has 5 heteroatoms. The van der Waals surface area contributed by atoms with E-state index < -0.39 is 5.60 Å². The van der Waals surface area contributed by atoms with Gasteiger partial charge in [0.1, 0.15) is 0 Å². The molecule has 0 aliphatic heterocycles. The van der Waals surface area contributed by atoms with Crippen molar-refractivity contribution in [2.75, 3.05) is 0 Å². The molecule has 0 saturated heterocycles. The molecule has 4 atom stereocenters. The minimum absolute atomic E-state index is 0.160. The van der Waals surface area contributed by atoms with Crippen LogP contribution >= 0.6 is 0 Å². The van der Waals surface area contributed by atoms with Crippen LogP contribution in [0, 0.1) is 16.7 Å². The molecular formula is C22H33N3O2. The molecule has 1 heterocycles. The van der Waals surface area contributed by atoms with Crippen LogP contribution in [0.5, 0.6) is 0 Å². The third-order valence-electron chi connectivity index (χ3n) is 8.19. The van der Waals surface area contributed by atoms with Crippen molar-refractivity contribution in [3.8, 4) is 0 Å². The number of hydrogen-bond donors (Lipinski definition) is 3. The highest BCUT2D eigenvalue weighted by Crippen LogP contribution is 2.67. The van der Waals surface area contributed by atoms with E-state index in [4.69, 9.17) is 0 Å². The fourth-order valence-corrected chi connectivity index (χ4v) is 7.46. The van der Waals surface area contributed by atoms with Gasteiger partial charge in [-0.05, 0) is 81.1 Å². The summed E-state index contributed by atoms with van der Waals surface area (Å²) in [6.07, 6.45) is 12.5. The van der Waals surface area contributed by atoms with Crippen molar-refractivity contribution in [1.29, 1.82) is 0 Å². The summed E-state index contributed by atoms with van der Waals surface area (Å²) >= 11 is 0. The van der Waals surface area contributed by atoms with Crippen molar-refractivity contribution in [3.05, 3.63) is 17.0 Å². The normalized spacial score (nSPS) is 39.9. The lowest BCUT2D eigenvalue weighted by Crippen LogP contribution is -2.63. The lowest BCUT2D eigenvalue weighted by molar-refractivity contribution is -0.204. The van der Waals surface area contributed by atoms with Gasteiger partial charge in [0.25, 0.3) is 0 Å². The van der Waals surface area contributed by atoms with E-state index in [1.54, 1.807) is 0 Å². The van der Waals surface area contributed by atoms with Crippen molar-refractivity contribution in [3.63, 3.8) is 0 Å². The Balaban J connectivity index is 1.34. The van der Waals surface area contributed by atoms with Crippen molar-refractivity contribution in [2.24, 2.45) is 16.7 Å². The molecule has 5 aliphatic rings. The van der Waals surface area contributed by atoms with E-state index in [-0.39, 0.29) is 16.7 Å². The SMILES string of the molecule is CCC12CC3CC(O)(C1)CC(C(=O)NCc1n[nH]c4c1CCCCC4)(C3)C2. The molecule has 0 aromatic carbocycles. The number of rotatable bonds is 4. The zero-order valence-corrected chi connectivity index (χ0v) is 16.6. The fourth-order valence-electron chi connectivity index (χ4n) is 7.46. The standard InChI is InChI=1S/C22H33N3O2/c1-2-20-8-15-9-21(12-20,14-22(27,10-15)13-20)19(26)23-11-18-16-6-4-3-5-7-17(16)24-25-18/h15,27H,2-14H2,1H3,(H,23,26)(H,24,25). The first-order valence-electron chi connectivity index (χ1n) is 11.0. The highest BCUT2D eigenvalue weighted by molar-refractivity contribution is 5.83. The van der Waals surface area contributed by atoms with Crippen LogP contribution in [-0.2, 0) is 24.2 Å². The van der Waals surface area contributed by atoms with Gasteiger partial charge in [-0.1, -0.05) is 19.8 Å². The van der Waals surface area contributed by atoms with Gasteiger partial charge in [0.2, 0.25) is 5.91 Å². The number of amides is 1. The number of aryl methyl sites for hydroxylation is 1. The quantitative estimate of drug-likeness (QED) is 0.710. The van der Waals surface area contributed by atoms with Crippen molar-refractivity contribution < 1.29 is 9.90 Å². The van der Waals surface area contributed by atoms with Crippen LogP contribution in [0.2, 0.25) is 0 Å². The molecule has 4 saturated carbocycles. The van der Waals surface area contributed by atoms with Gasteiger partial charge in [-0.3, -0.25) is 9.89 Å². The molecule has 5 nitrogen and oxygen atoms in total. The molecule has 0 radical (unpaired) electrons. The van der Waals surface area contributed by atoms with Gasteiger partial charge < -0.3 is 10.4 Å². The van der Waals surface area contributed by atoms with Gasteiger partial charge in [-0.25, -0.2) is 0 Å². The number of carbonyl (C=O) groups is 1. The van der Waals surface area contributed by atoms with Crippen LogP contribution in [0.25, 0.3) is 0 Å². The Bertz CT molecular complexity index is 759. The Morgan fingerprint density at radius 2 is 2.04 bits per heavy atom. The van der Waals surface area contributed by atoms with E-state index in [9.17, 15) is 9.90 Å². The monoisotopic (exact) mass is 371 g/mol. The summed E-state index contributed by atoms with van der Waals surface area (Å²) in [5.74, 6) is 0.673. The van der Waals surface area contributed by atoms with Gasteiger partial charge in [-0.2, -0.15) is 5.10 Å². The molecule has 5 aliphatic carbocycles. The Hall–Kier alpha value is -1.36. The molecule has 1 aromatic rings. The van der Waals surface area contributed by atoms with Crippen LogP contribution in [0.1, 0.15) is 88.1 Å². The topological polar surface area (TPSA) is 78.0 Å². The summed E-state index contributed by atoms with van der Waals surface area (Å²) in [5.41, 5.74) is 2.82. The first-order chi connectivity index (χ1) is 12.9. The number of aliphatic hydroxyl groups is 1. The van der Waals surface area contributed by atoms with E-state index in [1.165, 1.54) is 36.9 Å². The molecule has 1 amide bonds. The Kier molecular flexibility index (Phi) is 3.98. The van der Waals surface area contributed by atoms with Crippen molar-refractivity contribution in [2.45, 2.75) is 96.1 Å². The van der Waals surface area contributed by atoms with E-state index in [0.717, 1.165) is 50.6 Å². The summed E-state index contributed by atoms with van der Waals surface area (Å²) < 4.78 is 0. The third-order valence-corrected chi connectivity index (χ3v) is 8.19. The number of nitrogens with zero attached hydrogens (tertiary/aromatic N) is 1. The number of nitrogens with one attached hydrogen (secondary N) is 2. The fraction of sp³-hybridized carbons (Fsp3) is 0.818. The second-order valence-electron chi connectivity index (χ2n) is 10.2. The molecule has 148 valence electrons. The molecule has 3 N–H and O–H groups in total. The number of fused-ring (bicyclic) bond motifs is 1. The van der Waals surface area contributed by atoms with Gasteiger partial charge in [0.05, 0.1) is 23.3 Å². The summed E-state index contributed by atoms with van der Waals surface area (Å²) in [7, 11) is 0. The molecule has 4 fully saturated rings. The molecule has 27 heavy (non-hydrogen) atoms. The molecule has 0 spiro atoms. The maximum Gasteiger partial charge on any atom is 0.226 e. The summed E-state index contributed by atoms with van der Waals surface area (Å²) in [6.45, 7) is 2.76. The van der Waals surface area contributed by atoms with Gasteiger partial charge >= 0.3 is 0 Å². The lowest BCUT2D eigenvalue weighted by atomic mass is 9.42.